The summed E-state index contributed by atoms with van der Waals surface area (Å²) in [7, 11) is 1.52. The molecule has 1 heterocycles. The van der Waals surface area contributed by atoms with E-state index in [0.29, 0.717) is 25.4 Å². The molecule has 0 unspecified atom stereocenters. The number of amides is 1. The quantitative estimate of drug-likeness (QED) is 0.530. The number of aryl methyl sites for hydroxylation is 1. The molecule has 20 heavy (non-hydrogen) atoms. The van der Waals surface area contributed by atoms with Crippen molar-refractivity contribution in [1.82, 2.24) is 20.3 Å². The van der Waals surface area contributed by atoms with E-state index in [1.165, 1.54) is 11.8 Å². The third-order valence-electron chi connectivity index (χ3n) is 2.62. The molecule has 1 aromatic heterocycles. The number of methoxy groups -OCH3 is 1. The summed E-state index contributed by atoms with van der Waals surface area (Å²) in [4.78, 5) is 23.1. The monoisotopic (exact) mass is 284 g/mol. The number of esters is 1. The Hall–Kier alpha value is -1.96. The highest BCUT2D eigenvalue weighted by atomic mass is 16.6. The zero-order chi connectivity index (χ0) is 15.0. The number of hydrogen-bond donors (Lipinski definition) is 1. The van der Waals surface area contributed by atoms with Gasteiger partial charge in [-0.2, -0.15) is 0 Å². The van der Waals surface area contributed by atoms with E-state index in [4.69, 9.17) is 9.47 Å². The first-order valence-electron chi connectivity index (χ1n) is 6.43. The Labute approximate surface area is 117 Å². The Morgan fingerprint density at radius 3 is 2.75 bits per heavy atom. The summed E-state index contributed by atoms with van der Waals surface area (Å²) in [5.41, 5.74) is 0.744. The van der Waals surface area contributed by atoms with Gasteiger partial charge in [0.25, 0.3) is 0 Å². The van der Waals surface area contributed by atoms with Gasteiger partial charge >= 0.3 is 5.97 Å². The van der Waals surface area contributed by atoms with E-state index < -0.39 is 5.97 Å². The van der Waals surface area contributed by atoms with Crippen molar-refractivity contribution in [2.75, 3.05) is 26.9 Å². The topological polar surface area (TPSA) is 95.3 Å². The van der Waals surface area contributed by atoms with Crippen LogP contribution in [0.4, 0.5) is 0 Å². The van der Waals surface area contributed by atoms with Crippen LogP contribution in [-0.4, -0.2) is 53.7 Å². The van der Waals surface area contributed by atoms with Gasteiger partial charge in [0.1, 0.15) is 6.61 Å². The number of nitrogens with zero attached hydrogens (tertiary/aromatic N) is 3. The number of carbonyl (C=O) groups excluding carboxylic acids is 2. The van der Waals surface area contributed by atoms with Crippen molar-refractivity contribution in [3.63, 3.8) is 0 Å². The standard InChI is InChI=1S/C12H20N4O4/c1-4-13-10(17)5-6-16-9(2)11(14-15-16)12(18)20-8-7-19-3/h4-8H2,1-3H3,(H,13,17). The van der Waals surface area contributed by atoms with Crippen LogP contribution in [0.2, 0.25) is 0 Å². The largest absolute Gasteiger partial charge is 0.458 e. The minimum absolute atomic E-state index is 0.0633. The third kappa shape index (κ3) is 4.61. The van der Waals surface area contributed by atoms with Crippen LogP contribution in [0.15, 0.2) is 0 Å². The lowest BCUT2D eigenvalue weighted by Crippen LogP contribution is -2.24. The van der Waals surface area contributed by atoms with Crippen LogP contribution in [0.25, 0.3) is 0 Å². The second-order valence-corrected chi connectivity index (χ2v) is 4.08. The van der Waals surface area contributed by atoms with Crippen molar-refractivity contribution in [3.05, 3.63) is 11.4 Å². The molecular weight excluding hydrogens is 264 g/mol. The van der Waals surface area contributed by atoms with Crippen LogP contribution in [0.5, 0.6) is 0 Å². The Kier molecular flexibility index (Phi) is 6.65. The molecule has 0 aliphatic carbocycles. The maximum absolute atomic E-state index is 11.7. The van der Waals surface area contributed by atoms with Gasteiger partial charge in [-0.15, -0.1) is 5.10 Å². The second kappa shape index (κ2) is 8.26. The Morgan fingerprint density at radius 1 is 1.35 bits per heavy atom. The molecule has 1 rings (SSSR count). The van der Waals surface area contributed by atoms with Crippen LogP contribution in [-0.2, 0) is 20.8 Å². The van der Waals surface area contributed by atoms with Gasteiger partial charge in [0, 0.05) is 20.1 Å². The summed E-state index contributed by atoms with van der Waals surface area (Å²) < 4.78 is 11.3. The molecule has 0 aliphatic rings. The summed E-state index contributed by atoms with van der Waals surface area (Å²) in [6.07, 6.45) is 0.288. The summed E-state index contributed by atoms with van der Waals surface area (Å²) in [6, 6.07) is 0. The highest BCUT2D eigenvalue weighted by Crippen LogP contribution is 2.06. The maximum atomic E-state index is 11.7. The molecule has 0 aromatic carbocycles. The van der Waals surface area contributed by atoms with Crippen molar-refractivity contribution < 1.29 is 19.1 Å². The average Bonchev–Trinajstić information content (AvgIpc) is 2.78. The summed E-state index contributed by atoms with van der Waals surface area (Å²) in [6.45, 7) is 5.02. The molecule has 0 bridgehead atoms. The number of nitrogens with one attached hydrogen (secondary N) is 1. The van der Waals surface area contributed by atoms with E-state index in [0.717, 1.165) is 0 Å². The fourth-order valence-electron chi connectivity index (χ4n) is 1.54. The minimum atomic E-state index is -0.538. The lowest BCUT2D eigenvalue weighted by molar-refractivity contribution is -0.121. The molecule has 8 heteroatoms. The zero-order valence-corrected chi connectivity index (χ0v) is 12.0. The Balaban J connectivity index is 2.55. The second-order valence-electron chi connectivity index (χ2n) is 4.08. The molecule has 0 saturated heterocycles. The Morgan fingerprint density at radius 2 is 2.10 bits per heavy atom. The summed E-state index contributed by atoms with van der Waals surface area (Å²) >= 11 is 0. The van der Waals surface area contributed by atoms with Gasteiger partial charge in [0.05, 0.1) is 18.8 Å². The molecule has 0 saturated carbocycles. The van der Waals surface area contributed by atoms with Gasteiger partial charge in [0.15, 0.2) is 5.69 Å². The van der Waals surface area contributed by atoms with Crippen molar-refractivity contribution >= 4 is 11.9 Å². The average molecular weight is 284 g/mol. The normalized spacial score (nSPS) is 10.3. The highest BCUT2D eigenvalue weighted by molar-refractivity contribution is 5.88. The van der Waals surface area contributed by atoms with Gasteiger partial charge < -0.3 is 14.8 Å². The predicted octanol–water partition coefficient (Wildman–Crippen LogP) is -0.0841. The van der Waals surface area contributed by atoms with Crippen LogP contribution in [0.3, 0.4) is 0 Å². The summed E-state index contributed by atoms with van der Waals surface area (Å²) in [5, 5.41) is 10.3. The number of hydrogen-bond acceptors (Lipinski definition) is 6. The first-order chi connectivity index (χ1) is 9.60. The SMILES string of the molecule is CCNC(=O)CCn1nnc(C(=O)OCCOC)c1C. The zero-order valence-electron chi connectivity index (χ0n) is 12.0. The molecule has 0 atom stereocenters. The maximum Gasteiger partial charge on any atom is 0.360 e. The van der Waals surface area contributed by atoms with Crippen LogP contribution < -0.4 is 5.32 Å². The van der Waals surface area contributed by atoms with E-state index in [-0.39, 0.29) is 24.6 Å². The first-order valence-corrected chi connectivity index (χ1v) is 6.43. The summed E-state index contributed by atoms with van der Waals surface area (Å²) in [5.74, 6) is -0.601. The fourth-order valence-corrected chi connectivity index (χ4v) is 1.54. The van der Waals surface area contributed by atoms with Crippen molar-refractivity contribution in [1.29, 1.82) is 0 Å². The van der Waals surface area contributed by atoms with Crippen molar-refractivity contribution in [3.8, 4) is 0 Å². The highest BCUT2D eigenvalue weighted by Gasteiger charge is 2.18. The third-order valence-corrected chi connectivity index (χ3v) is 2.62. The molecule has 1 amide bonds. The Bertz CT molecular complexity index is 458. The van der Waals surface area contributed by atoms with Crippen LogP contribution in [0.1, 0.15) is 29.5 Å². The smallest absolute Gasteiger partial charge is 0.360 e. The lowest BCUT2D eigenvalue weighted by Gasteiger charge is -2.04. The predicted molar refractivity (Wildman–Crippen MR) is 70.2 cm³/mol. The molecular formula is C12H20N4O4. The molecule has 0 fully saturated rings. The van der Waals surface area contributed by atoms with E-state index in [1.807, 2.05) is 6.92 Å². The van der Waals surface area contributed by atoms with Crippen molar-refractivity contribution in [2.45, 2.75) is 26.8 Å². The molecule has 8 nitrogen and oxygen atoms in total. The van der Waals surface area contributed by atoms with Gasteiger partial charge in [-0.05, 0) is 13.8 Å². The minimum Gasteiger partial charge on any atom is -0.458 e. The van der Waals surface area contributed by atoms with E-state index in [1.54, 1.807) is 6.92 Å². The number of carbonyl (C=O) groups is 2. The molecule has 0 radical (unpaired) electrons. The number of rotatable bonds is 8. The first kappa shape index (κ1) is 16.1. The molecule has 0 aliphatic heterocycles. The van der Waals surface area contributed by atoms with E-state index in [9.17, 15) is 9.59 Å². The van der Waals surface area contributed by atoms with E-state index >= 15 is 0 Å². The van der Waals surface area contributed by atoms with Crippen molar-refractivity contribution in [2.24, 2.45) is 0 Å². The molecule has 112 valence electrons. The molecule has 1 N–H and O–H groups in total. The van der Waals surface area contributed by atoms with Crippen LogP contribution >= 0.6 is 0 Å². The lowest BCUT2D eigenvalue weighted by atomic mass is 10.3. The molecule has 1 aromatic rings. The number of aromatic nitrogens is 3. The van der Waals surface area contributed by atoms with Crippen LogP contribution in [0, 0.1) is 6.92 Å². The van der Waals surface area contributed by atoms with Gasteiger partial charge in [-0.3, -0.25) is 4.79 Å². The fraction of sp³-hybridized carbons (Fsp3) is 0.667. The van der Waals surface area contributed by atoms with E-state index in [2.05, 4.69) is 15.6 Å². The van der Waals surface area contributed by atoms with Gasteiger partial charge in [0.2, 0.25) is 5.91 Å². The van der Waals surface area contributed by atoms with Gasteiger partial charge in [-0.25, -0.2) is 9.48 Å². The van der Waals surface area contributed by atoms with Gasteiger partial charge in [-0.1, -0.05) is 5.21 Å². The number of ether oxygens (including phenoxy) is 2. The molecule has 0 spiro atoms.